The minimum absolute atomic E-state index is 0.0125. The van der Waals surface area contributed by atoms with Gasteiger partial charge in [0, 0.05) is 0 Å². The van der Waals surface area contributed by atoms with Crippen LogP contribution in [-0.2, 0) is 10.0 Å². The van der Waals surface area contributed by atoms with Crippen molar-refractivity contribution in [2.24, 2.45) is 0 Å². The van der Waals surface area contributed by atoms with Crippen LogP contribution < -0.4 is 10.0 Å². The summed E-state index contributed by atoms with van der Waals surface area (Å²) in [5, 5.41) is 2.51. The van der Waals surface area contributed by atoms with Crippen molar-refractivity contribution in [3.63, 3.8) is 0 Å². The second kappa shape index (κ2) is 5.78. The predicted octanol–water partition coefficient (Wildman–Crippen LogP) is 2.20. The minimum Gasteiger partial charge on any atom is -0.444 e. The van der Waals surface area contributed by atoms with E-state index in [1.165, 1.54) is 25.2 Å². The molecule has 0 aliphatic rings. The molecule has 20 heavy (non-hydrogen) atoms. The lowest BCUT2D eigenvalue weighted by atomic mass is 10.3. The van der Waals surface area contributed by atoms with Crippen LogP contribution in [0.15, 0.2) is 50.4 Å². The van der Waals surface area contributed by atoms with Crippen LogP contribution in [0.3, 0.4) is 0 Å². The fraction of sp³-hybridized carbons (Fsp3) is 0.0833. The number of amides is 1. The number of rotatable bonds is 4. The maximum atomic E-state index is 12.0. The first-order valence-electron chi connectivity index (χ1n) is 5.53. The first-order chi connectivity index (χ1) is 9.44. The Morgan fingerprint density at radius 3 is 2.50 bits per heavy atom. The molecule has 6 nitrogen and oxygen atoms in total. The summed E-state index contributed by atoms with van der Waals surface area (Å²) in [6, 6.07) is 9.16. The normalized spacial score (nSPS) is 11.3. The molecule has 0 radical (unpaired) electrons. The zero-order valence-corrected chi connectivity index (χ0v) is 12.8. The molecule has 106 valence electrons. The van der Waals surface area contributed by atoms with Gasteiger partial charge in [0.25, 0.3) is 5.91 Å². The molecule has 0 aliphatic carbocycles. The first kappa shape index (κ1) is 14.8. The van der Waals surface area contributed by atoms with Crippen molar-refractivity contribution >= 4 is 37.5 Å². The molecule has 0 saturated carbocycles. The van der Waals surface area contributed by atoms with Gasteiger partial charge in [-0.25, -0.2) is 13.1 Å². The van der Waals surface area contributed by atoms with Gasteiger partial charge in [-0.05, 0) is 47.2 Å². The Morgan fingerprint density at radius 2 is 1.90 bits per heavy atom. The predicted molar refractivity (Wildman–Crippen MR) is 77.0 cm³/mol. The average Bonchev–Trinajstić information content (AvgIpc) is 2.86. The Kier molecular flexibility index (Phi) is 4.26. The fourth-order valence-corrected chi connectivity index (χ4v) is 2.73. The lowest BCUT2D eigenvalue weighted by Crippen LogP contribution is -2.21. The molecule has 2 N–H and O–H groups in total. The van der Waals surface area contributed by atoms with E-state index < -0.39 is 15.9 Å². The lowest BCUT2D eigenvalue weighted by molar-refractivity contribution is 0.0995. The third kappa shape index (κ3) is 3.09. The maximum absolute atomic E-state index is 12.0. The van der Waals surface area contributed by atoms with Gasteiger partial charge in [-0.15, -0.1) is 0 Å². The number of para-hydroxylation sites is 1. The molecule has 1 aromatic carbocycles. The second-order valence-corrected chi connectivity index (χ2v) is 6.40. The van der Waals surface area contributed by atoms with Crippen molar-refractivity contribution in [2.45, 2.75) is 4.90 Å². The molecule has 1 amide bonds. The molecular formula is C12H11BrN2O4S. The molecule has 0 saturated heterocycles. The number of nitrogens with one attached hydrogen (secondary N) is 2. The molecule has 0 atom stereocenters. The van der Waals surface area contributed by atoms with E-state index in [2.05, 4.69) is 26.0 Å². The Bertz CT molecular complexity index is 739. The largest absolute Gasteiger partial charge is 0.444 e. The van der Waals surface area contributed by atoms with E-state index >= 15 is 0 Å². The topological polar surface area (TPSA) is 88.4 Å². The molecule has 1 heterocycles. The SMILES string of the molecule is CNS(=O)(=O)c1ccccc1NC(=O)c1ccc(Br)o1. The van der Waals surface area contributed by atoms with E-state index in [-0.39, 0.29) is 16.3 Å². The summed E-state index contributed by atoms with van der Waals surface area (Å²) in [5.74, 6) is -0.456. The summed E-state index contributed by atoms with van der Waals surface area (Å²) in [4.78, 5) is 11.9. The maximum Gasteiger partial charge on any atom is 0.291 e. The number of hydrogen-bond acceptors (Lipinski definition) is 4. The zero-order chi connectivity index (χ0) is 14.8. The van der Waals surface area contributed by atoms with Gasteiger partial charge in [0.05, 0.1) is 5.69 Å². The van der Waals surface area contributed by atoms with Gasteiger partial charge in [0.1, 0.15) is 4.90 Å². The number of carbonyl (C=O) groups excluding carboxylic acids is 1. The van der Waals surface area contributed by atoms with E-state index in [4.69, 9.17) is 4.42 Å². The van der Waals surface area contributed by atoms with Gasteiger partial charge < -0.3 is 9.73 Å². The lowest BCUT2D eigenvalue weighted by Gasteiger charge is -2.09. The van der Waals surface area contributed by atoms with Crippen LogP contribution in [0.5, 0.6) is 0 Å². The van der Waals surface area contributed by atoms with E-state index in [0.717, 1.165) is 0 Å². The molecule has 2 rings (SSSR count). The Hall–Kier alpha value is -1.64. The van der Waals surface area contributed by atoms with Crippen molar-refractivity contribution in [1.82, 2.24) is 4.72 Å². The molecule has 1 aromatic heterocycles. The van der Waals surface area contributed by atoms with E-state index in [1.54, 1.807) is 18.2 Å². The molecule has 0 spiro atoms. The molecule has 2 aromatic rings. The Balaban J connectivity index is 2.33. The van der Waals surface area contributed by atoms with Crippen LogP contribution >= 0.6 is 15.9 Å². The number of benzene rings is 1. The monoisotopic (exact) mass is 358 g/mol. The van der Waals surface area contributed by atoms with Crippen molar-refractivity contribution in [3.05, 3.63) is 46.8 Å². The van der Waals surface area contributed by atoms with Crippen LogP contribution in [0.4, 0.5) is 5.69 Å². The summed E-state index contributed by atoms with van der Waals surface area (Å²) in [6.07, 6.45) is 0. The van der Waals surface area contributed by atoms with E-state index in [0.29, 0.717) is 4.67 Å². The second-order valence-electron chi connectivity index (χ2n) is 3.76. The van der Waals surface area contributed by atoms with Crippen molar-refractivity contribution in [2.75, 3.05) is 12.4 Å². The number of anilines is 1. The van der Waals surface area contributed by atoms with Crippen LogP contribution in [0.25, 0.3) is 0 Å². The summed E-state index contributed by atoms with van der Waals surface area (Å²) in [5.41, 5.74) is 0.180. The van der Waals surface area contributed by atoms with Crippen LogP contribution in [0.1, 0.15) is 10.6 Å². The van der Waals surface area contributed by atoms with E-state index in [1.807, 2.05) is 0 Å². The fourth-order valence-electron chi connectivity index (χ4n) is 1.53. The number of furan rings is 1. The Morgan fingerprint density at radius 1 is 1.20 bits per heavy atom. The van der Waals surface area contributed by atoms with E-state index in [9.17, 15) is 13.2 Å². The molecule has 0 unspecified atom stereocenters. The Labute approximate surface area is 124 Å². The van der Waals surface area contributed by atoms with Crippen LogP contribution in [0.2, 0.25) is 0 Å². The zero-order valence-electron chi connectivity index (χ0n) is 10.4. The summed E-state index contributed by atoms with van der Waals surface area (Å²) in [6.45, 7) is 0. The van der Waals surface area contributed by atoms with Gasteiger partial charge in [0.15, 0.2) is 10.4 Å². The smallest absolute Gasteiger partial charge is 0.291 e. The number of carbonyl (C=O) groups is 1. The number of sulfonamides is 1. The third-order valence-electron chi connectivity index (χ3n) is 2.49. The summed E-state index contributed by atoms with van der Waals surface area (Å²) < 4.78 is 31.4. The van der Waals surface area contributed by atoms with Crippen molar-refractivity contribution < 1.29 is 17.6 Å². The highest BCUT2D eigenvalue weighted by atomic mass is 79.9. The number of hydrogen-bond donors (Lipinski definition) is 2. The minimum atomic E-state index is -3.66. The van der Waals surface area contributed by atoms with Gasteiger partial charge >= 0.3 is 0 Å². The highest BCUT2D eigenvalue weighted by molar-refractivity contribution is 9.10. The van der Waals surface area contributed by atoms with Gasteiger partial charge in [-0.3, -0.25) is 4.79 Å². The third-order valence-corrected chi connectivity index (χ3v) is 4.39. The highest BCUT2D eigenvalue weighted by Crippen LogP contribution is 2.22. The summed E-state index contributed by atoms with van der Waals surface area (Å²) >= 11 is 3.09. The van der Waals surface area contributed by atoms with Gasteiger partial charge in [0.2, 0.25) is 10.0 Å². The standard InChI is InChI=1S/C12H11BrN2O4S/c1-14-20(17,18)10-5-3-2-4-8(10)15-12(16)9-6-7-11(13)19-9/h2-7,14H,1H3,(H,15,16). The molecule has 0 fully saturated rings. The van der Waals surface area contributed by atoms with Crippen LogP contribution in [-0.4, -0.2) is 21.4 Å². The van der Waals surface area contributed by atoms with Gasteiger partial charge in [-0.1, -0.05) is 12.1 Å². The van der Waals surface area contributed by atoms with Crippen molar-refractivity contribution in [1.29, 1.82) is 0 Å². The van der Waals surface area contributed by atoms with Crippen LogP contribution in [0, 0.1) is 0 Å². The molecule has 0 aliphatic heterocycles. The molecular weight excluding hydrogens is 348 g/mol. The molecule has 8 heteroatoms. The quantitative estimate of drug-likeness (QED) is 0.876. The summed E-state index contributed by atoms with van der Waals surface area (Å²) in [7, 11) is -2.35. The first-order valence-corrected chi connectivity index (χ1v) is 7.81. The molecule has 0 bridgehead atoms. The highest BCUT2D eigenvalue weighted by Gasteiger charge is 2.19. The van der Waals surface area contributed by atoms with Crippen molar-refractivity contribution in [3.8, 4) is 0 Å². The van der Waals surface area contributed by atoms with Gasteiger partial charge in [-0.2, -0.15) is 0 Å². The number of halogens is 1. The average molecular weight is 359 g/mol.